The minimum Gasteiger partial charge on any atom is -0.379 e. The molecule has 0 atom stereocenters. The molecule has 0 unspecified atom stereocenters. The van der Waals surface area contributed by atoms with Gasteiger partial charge in [-0.2, -0.15) is 0 Å². The van der Waals surface area contributed by atoms with Crippen molar-refractivity contribution in [3.8, 4) is 0 Å². The van der Waals surface area contributed by atoms with Crippen molar-refractivity contribution in [2.45, 2.75) is 53.1 Å². The predicted octanol–water partition coefficient (Wildman–Crippen LogP) is 3.25. The van der Waals surface area contributed by atoms with Crippen molar-refractivity contribution in [3.05, 3.63) is 0 Å². The lowest BCUT2D eigenvalue weighted by Crippen LogP contribution is -2.21. The van der Waals surface area contributed by atoms with E-state index in [0.29, 0.717) is 6.61 Å². The van der Waals surface area contributed by atoms with Crippen LogP contribution in [0, 0.1) is 5.92 Å². The summed E-state index contributed by atoms with van der Waals surface area (Å²) in [5.74, 6) is 0.782. The molecule has 14 heavy (non-hydrogen) atoms. The summed E-state index contributed by atoms with van der Waals surface area (Å²) >= 11 is 0. The molecule has 0 aromatic carbocycles. The van der Waals surface area contributed by atoms with Crippen LogP contribution in [0.2, 0.25) is 0 Å². The van der Waals surface area contributed by atoms with Crippen molar-refractivity contribution in [1.82, 2.24) is 0 Å². The standard InChI is InChI=1S/C12H26O2/c1-11(2)7-6-8-13-9-10-14-12(3,4)5/h11H,6-10H2,1-5H3. The molecule has 0 amide bonds. The molecule has 0 aliphatic rings. The largest absolute Gasteiger partial charge is 0.379 e. The van der Waals surface area contributed by atoms with Crippen LogP contribution in [0.15, 0.2) is 0 Å². The Hall–Kier alpha value is -0.0800. The summed E-state index contributed by atoms with van der Waals surface area (Å²) in [6.45, 7) is 12.9. The quantitative estimate of drug-likeness (QED) is 0.590. The van der Waals surface area contributed by atoms with Crippen LogP contribution in [0.1, 0.15) is 47.5 Å². The third kappa shape index (κ3) is 11.9. The van der Waals surface area contributed by atoms with Crippen molar-refractivity contribution in [2.24, 2.45) is 5.92 Å². The Balaban J connectivity index is 3.07. The van der Waals surface area contributed by atoms with E-state index in [1.165, 1.54) is 6.42 Å². The van der Waals surface area contributed by atoms with Gasteiger partial charge in [0.05, 0.1) is 18.8 Å². The van der Waals surface area contributed by atoms with Crippen LogP contribution < -0.4 is 0 Å². The molecule has 2 heteroatoms. The van der Waals surface area contributed by atoms with Crippen LogP contribution in [-0.4, -0.2) is 25.4 Å². The van der Waals surface area contributed by atoms with Gasteiger partial charge < -0.3 is 9.47 Å². The summed E-state index contributed by atoms with van der Waals surface area (Å²) in [5.41, 5.74) is -0.0404. The molecule has 0 radical (unpaired) electrons. The fourth-order valence-corrected chi connectivity index (χ4v) is 1.10. The molecule has 0 aliphatic heterocycles. The first-order valence-electron chi connectivity index (χ1n) is 5.63. The average Bonchev–Trinajstić information content (AvgIpc) is 2.00. The summed E-state index contributed by atoms with van der Waals surface area (Å²) in [4.78, 5) is 0. The van der Waals surface area contributed by atoms with Crippen LogP contribution >= 0.6 is 0 Å². The molecular weight excluding hydrogens is 176 g/mol. The van der Waals surface area contributed by atoms with Crippen molar-refractivity contribution in [2.75, 3.05) is 19.8 Å². The molecule has 0 aliphatic carbocycles. The van der Waals surface area contributed by atoms with Gasteiger partial charge in [0.1, 0.15) is 0 Å². The first kappa shape index (κ1) is 13.9. The second-order valence-corrected chi connectivity index (χ2v) is 5.11. The fraction of sp³-hybridized carbons (Fsp3) is 1.00. The second-order valence-electron chi connectivity index (χ2n) is 5.11. The lowest BCUT2D eigenvalue weighted by molar-refractivity contribution is -0.0353. The Morgan fingerprint density at radius 3 is 2.14 bits per heavy atom. The van der Waals surface area contributed by atoms with Gasteiger partial charge in [-0.05, 0) is 39.5 Å². The van der Waals surface area contributed by atoms with Gasteiger partial charge in [-0.3, -0.25) is 0 Å². The maximum Gasteiger partial charge on any atom is 0.0707 e. The Morgan fingerprint density at radius 1 is 1.00 bits per heavy atom. The molecule has 0 heterocycles. The van der Waals surface area contributed by atoms with E-state index in [1.54, 1.807) is 0 Å². The van der Waals surface area contributed by atoms with Gasteiger partial charge >= 0.3 is 0 Å². The van der Waals surface area contributed by atoms with E-state index in [2.05, 4.69) is 34.6 Å². The summed E-state index contributed by atoms with van der Waals surface area (Å²) < 4.78 is 11.0. The van der Waals surface area contributed by atoms with E-state index >= 15 is 0 Å². The highest BCUT2D eigenvalue weighted by Crippen LogP contribution is 2.06. The lowest BCUT2D eigenvalue weighted by Gasteiger charge is -2.19. The van der Waals surface area contributed by atoms with E-state index in [0.717, 1.165) is 25.6 Å². The van der Waals surface area contributed by atoms with Crippen molar-refractivity contribution in [1.29, 1.82) is 0 Å². The zero-order chi connectivity index (χ0) is 11.0. The summed E-state index contributed by atoms with van der Waals surface area (Å²) in [7, 11) is 0. The maximum atomic E-state index is 5.53. The number of hydrogen-bond donors (Lipinski definition) is 0. The molecule has 0 spiro atoms. The van der Waals surface area contributed by atoms with Gasteiger partial charge in [0.25, 0.3) is 0 Å². The zero-order valence-electron chi connectivity index (χ0n) is 10.4. The fourth-order valence-electron chi connectivity index (χ4n) is 1.10. The third-order valence-corrected chi connectivity index (χ3v) is 1.83. The van der Waals surface area contributed by atoms with Gasteiger partial charge in [0.2, 0.25) is 0 Å². The molecular formula is C12H26O2. The molecule has 0 saturated carbocycles. The molecule has 0 N–H and O–H groups in total. The second kappa shape index (κ2) is 7.24. The Bertz CT molecular complexity index is 125. The van der Waals surface area contributed by atoms with Crippen LogP contribution in [0.3, 0.4) is 0 Å². The summed E-state index contributed by atoms with van der Waals surface area (Å²) in [5, 5.41) is 0. The summed E-state index contributed by atoms with van der Waals surface area (Å²) in [6, 6.07) is 0. The minimum absolute atomic E-state index is 0.0404. The van der Waals surface area contributed by atoms with Crippen LogP contribution in [0.4, 0.5) is 0 Å². The summed E-state index contributed by atoms with van der Waals surface area (Å²) in [6.07, 6.45) is 2.41. The smallest absolute Gasteiger partial charge is 0.0707 e. The van der Waals surface area contributed by atoms with Gasteiger partial charge in [-0.1, -0.05) is 13.8 Å². The first-order valence-corrected chi connectivity index (χ1v) is 5.63. The third-order valence-electron chi connectivity index (χ3n) is 1.83. The molecule has 2 nitrogen and oxygen atoms in total. The van der Waals surface area contributed by atoms with Crippen molar-refractivity contribution in [3.63, 3.8) is 0 Å². The van der Waals surface area contributed by atoms with Crippen LogP contribution in [0.5, 0.6) is 0 Å². The normalized spacial score (nSPS) is 12.4. The first-order chi connectivity index (χ1) is 6.42. The van der Waals surface area contributed by atoms with Gasteiger partial charge in [-0.15, -0.1) is 0 Å². The number of rotatable bonds is 7. The highest BCUT2D eigenvalue weighted by molar-refractivity contribution is 4.57. The van der Waals surface area contributed by atoms with E-state index in [1.807, 2.05) is 0 Å². The minimum atomic E-state index is -0.0404. The van der Waals surface area contributed by atoms with Crippen LogP contribution in [-0.2, 0) is 9.47 Å². The Labute approximate surface area is 89.0 Å². The zero-order valence-corrected chi connectivity index (χ0v) is 10.4. The van der Waals surface area contributed by atoms with Crippen LogP contribution in [0.25, 0.3) is 0 Å². The number of hydrogen-bond acceptors (Lipinski definition) is 2. The topological polar surface area (TPSA) is 18.5 Å². The average molecular weight is 202 g/mol. The molecule has 0 saturated heterocycles. The van der Waals surface area contributed by atoms with E-state index in [4.69, 9.17) is 9.47 Å². The van der Waals surface area contributed by atoms with Gasteiger partial charge in [-0.25, -0.2) is 0 Å². The van der Waals surface area contributed by atoms with E-state index in [-0.39, 0.29) is 5.60 Å². The monoisotopic (exact) mass is 202 g/mol. The van der Waals surface area contributed by atoms with E-state index in [9.17, 15) is 0 Å². The molecule has 86 valence electrons. The predicted molar refractivity (Wildman–Crippen MR) is 60.6 cm³/mol. The lowest BCUT2D eigenvalue weighted by atomic mass is 10.1. The van der Waals surface area contributed by atoms with Crippen molar-refractivity contribution < 1.29 is 9.47 Å². The number of ether oxygens (including phenoxy) is 2. The molecule has 0 aromatic heterocycles. The SMILES string of the molecule is CC(C)CCCOCCOC(C)(C)C. The Kier molecular flexibility index (Phi) is 7.20. The highest BCUT2D eigenvalue weighted by Gasteiger charge is 2.08. The molecule has 0 rings (SSSR count). The molecule has 0 fully saturated rings. The van der Waals surface area contributed by atoms with Gasteiger partial charge in [0, 0.05) is 6.61 Å². The molecule has 0 bridgehead atoms. The van der Waals surface area contributed by atoms with E-state index < -0.39 is 0 Å². The highest BCUT2D eigenvalue weighted by atomic mass is 16.5. The van der Waals surface area contributed by atoms with Gasteiger partial charge in [0.15, 0.2) is 0 Å². The maximum absolute atomic E-state index is 5.53. The Morgan fingerprint density at radius 2 is 1.64 bits per heavy atom. The molecule has 0 aromatic rings. The van der Waals surface area contributed by atoms with Crippen molar-refractivity contribution >= 4 is 0 Å².